The Morgan fingerprint density at radius 1 is 0.962 bits per heavy atom. The first-order chi connectivity index (χ1) is 12.3. The van der Waals surface area contributed by atoms with E-state index < -0.39 is 12.1 Å². The van der Waals surface area contributed by atoms with Gasteiger partial charge in [0.1, 0.15) is 0 Å². The summed E-state index contributed by atoms with van der Waals surface area (Å²) in [6.45, 7) is 0.466. The van der Waals surface area contributed by atoms with Crippen molar-refractivity contribution in [3.05, 3.63) is 0 Å². The molecule has 1 heterocycles. The Labute approximate surface area is 152 Å². The molecule has 0 aromatic rings. The van der Waals surface area contributed by atoms with Crippen LogP contribution in [0, 0.1) is 11.8 Å². The molecule has 0 aromatic carbocycles. The summed E-state index contributed by atoms with van der Waals surface area (Å²) in [6.07, 6.45) is 3.70. The summed E-state index contributed by atoms with van der Waals surface area (Å²) >= 11 is 0. The van der Waals surface area contributed by atoms with E-state index in [1.54, 1.807) is 0 Å². The van der Waals surface area contributed by atoms with E-state index in [1.165, 1.54) is 12.8 Å². The number of halogens is 3. The largest absolute Gasteiger partial charge is 0.391 e. The van der Waals surface area contributed by atoms with E-state index in [0.29, 0.717) is 19.4 Å². The molecular formula is C19H29F3N2O2. The smallest absolute Gasteiger partial charge is 0.353 e. The molecule has 148 valence electrons. The van der Waals surface area contributed by atoms with Gasteiger partial charge in [-0.3, -0.25) is 9.59 Å². The standard InChI is InChI=1S/C19H29F3N2O2/c20-19(21,22)14-7-9-15(10-8-14)23-18(26)13-11-17(25)24(12-13)16-5-3-1-2-4-6-16/h13-16H,1-12H2,(H,23,26)/t13-,14?,15?/m0/s1. The number of hydrogen-bond acceptors (Lipinski definition) is 2. The highest BCUT2D eigenvalue weighted by atomic mass is 19.4. The van der Waals surface area contributed by atoms with Crippen LogP contribution in [0.3, 0.4) is 0 Å². The predicted molar refractivity (Wildman–Crippen MR) is 91.3 cm³/mol. The molecule has 3 aliphatic rings. The summed E-state index contributed by atoms with van der Waals surface area (Å²) in [7, 11) is 0. The van der Waals surface area contributed by atoms with Crippen LogP contribution in [0.25, 0.3) is 0 Å². The van der Waals surface area contributed by atoms with Crippen LogP contribution in [0.5, 0.6) is 0 Å². The molecule has 1 saturated heterocycles. The van der Waals surface area contributed by atoms with Crippen molar-refractivity contribution < 1.29 is 22.8 Å². The lowest BCUT2D eigenvalue weighted by molar-refractivity contribution is -0.182. The fourth-order valence-electron chi connectivity index (χ4n) is 4.71. The van der Waals surface area contributed by atoms with Crippen LogP contribution in [0.4, 0.5) is 13.2 Å². The number of nitrogens with one attached hydrogen (secondary N) is 1. The van der Waals surface area contributed by atoms with Gasteiger partial charge >= 0.3 is 6.18 Å². The Morgan fingerprint density at radius 2 is 1.58 bits per heavy atom. The molecule has 4 nitrogen and oxygen atoms in total. The van der Waals surface area contributed by atoms with Gasteiger partial charge < -0.3 is 10.2 Å². The van der Waals surface area contributed by atoms with Gasteiger partial charge in [0, 0.05) is 25.0 Å². The highest BCUT2D eigenvalue weighted by Gasteiger charge is 2.42. The molecule has 7 heteroatoms. The Morgan fingerprint density at radius 3 is 2.15 bits per heavy atom. The van der Waals surface area contributed by atoms with Crippen molar-refractivity contribution in [2.45, 2.75) is 88.9 Å². The van der Waals surface area contributed by atoms with Gasteiger partial charge in [-0.2, -0.15) is 13.2 Å². The molecule has 2 aliphatic carbocycles. The maximum absolute atomic E-state index is 12.7. The van der Waals surface area contributed by atoms with E-state index in [-0.39, 0.29) is 49.1 Å². The van der Waals surface area contributed by atoms with Crippen LogP contribution in [-0.4, -0.2) is 41.5 Å². The fraction of sp³-hybridized carbons (Fsp3) is 0.895. The number of nitrogens with zero attached hydrogens (tertiary/aromatic N) is 1. The first kappa shape index (κ1) is 19.5. The number of carbonyl (C=O) groups is 2. The average molecular weight is 374 g/mol. The quantitative estimate of drug-likeness (QED) is 0.764. The third-order valence-electron chi connectivity index (χ3n) is 6.33. The zero-order chi connectivity index (χ0) is 18.7. The van der Waals surface area contributed by atoms with Gasteiger partial charge in [-0.25, -0.2) is 0 Å². The SMILES string of the molecule is O=C(NC1CCC(C(F)(F)F)CC1)[C@H]1CC(=O)N(C2CCCCCC2)C1. The molecular weight excluding hydrogens is 345 g/mol. The monoisotopic (exact) mass is 374 g/mol. The fourth-order valence-corrected chi connectivity index (χ4v) is 4.71. The number of amides is 2. The van der Waals surface area contributed by atoms with Gasteiger partial charge in [-0.1, -0.05) is 25.7 Å². The number of likely N-dealkylation sites (tertiary alicyclic amines) is 1. The summed E-state index contributed by atoms with van der Waals surface area (Å²) in [6, 6.07) is 0.0631. The van der Waals surface area contributed by atoms with Gasteiger partial charge in [-0.05, 0) is 38.5 Å². The van der Waals surface area contributed by atoms with Crippen molar-refractivity contribution in [1.82, 2.24) is 10.2 Å². The van der Waals surface area contributed by atoms with E-state index >= 15 is 0 Å². The third kappa shape index (κ3) is 4.71. The van der Waals surface area contributed by atoms with Crippen molar-refractivity contribution in [2.75, 3.05) is 6.54 Å². The molecule has 0 aromatic heterocycles. The summed E-state index contributed by atoms with van der Waals surface area (Å²) in [5, 5.41) is 2.90. The van der Waals surface area contributed by atoms with Gasteiger partial charge in [0.15, 0.2) is 0 Å². The van der Waals surface area contributed by atoms with E-state index in [0.717, 1.165) is 25.7 Å². The van der Waals surface area contributed by atoms with Crippen LogP contribution in [0.15, 0.2) is 0 Å². The Hall–Kier alpha value is -1.27. The van der Waals surface area contributed by atoms with Crippen LogP contribution < -0.4 is 5.32 Å². The molecule has 0 radical (unpaired) electrons. The Balaban J connectivity index is 1.48. The summed E-state index contributed by atoms with van der Waals surface area (Å²) in [4.78, 5) is 26.8. The molecule has 3 fully saturated rings. The molecule has 1 atom stereocenters. The van der Waals surface area contributed by atoms with Crippen molar-refractivity contribution in [2.24, 2.45) is 11.8 Å². The second kappa shape index (κ2) is 8.17. The van der Waals surface area contributed by atoms with Crippen LogP contribution in [-0.2, 0) is 9.59 Å². The number of alkyl halides is 3. The van der Waals surface area contributed by atoms with Crippen molar-refractivity contribution in [3.8, 4) is 0 Å². The summed E-state index contributed by atoms with van der Waals surface area (Å²) in [5.74, 6) is -1.71. The van der Waals surface area contributed by atoms with Crippen LogP contribution >= 0.6 is 0 Å². The third-order valence-corrected chi connectivity index (χ3v) is 6.33. The molecule has 26 heavy (non-hydrogen) atoms. The molecule has 3 rings (SSSR count). The lowest BCUT2D eigenvalue weighted by atomic mass is 9.85. The zero-order valence-corrected chi connectivity index (χ0v) is 15.2. The zero-order valence-electron chi connectivity index (χ0n) is 15.2. The molecule has 0 spiro atoms. The highest BCUT2D eigenvalue weighted by molar-refractivity contribution is 5.89. The van der Waals surface area contributed by atoms with E-state index in [1.807, 2.05) is 4.90 Å². The first-order valence-electron chi connectivity index (χ1n) is 10.0. The topological polar surface area (TPSA) is 49.4 Å². The second-order valence-corrected chi connectivity index (χ2v) is 8.19. The van der Waals surface area contributed by atoms with Crippen molar-refractivity contribution in [3.63, 3.8) is 0 Å². The van der Waals surface area contributed by atoms with Crippen LogP contribution in [0.2, 0.25) is 0 Å². The van der Waals surface area contributed by atoms with Crippen molar-refractivity contribution >= 4 is 11.8 Å². The van der Waals surface area contributed by atoms with Gasteiger partial charge in [0.2, 0.25) is 11.8 Å². The number of hydrogen-bond donors (Lipinski definition) is 1. The second-order valence-electron chi connectivity index (χ2n) is 8.19. The lowest BCUT2D eigenvalue weighted by Crippen LogP contribution is -2.43. The molecule has 1 N–H and O–H groups in total. The lowest BCUT2D eigenvalue weighted by Gasteiger charge is -2.31. The molecule has 2 amide bonds. The number of rotatable bonds is 3. The normalized spacial score (nSPS) is 31.7. The molecule has 0 bridgehead atoms. The maximum Gasteiger partial charge on any atom is 0.391 e. The Bertz CT molecular complexity index is 507. The average Bonchev–Trinajstić information content (AvgIpc) is 2.80. The maximum atomic E-state index is 12.7. The van der Waals surface area contributed by atoms with Crippen molar-refractivity contribution in [1.29, 1.82) is 0 Å². The molecule has 0 unspecified atom stereocenters. The summed E-state index contributed by atoms with van der Waals surface area (Å²) in [5.41, 5.74) is 0. The Kier molecular flexibility index (Phi) is 6.13. The highest BCUT2D eigenvalue weighted by Crippen LogP contribution is 2.37. The minimum Gasteiger partial charge on any atom is -0.353 e. The van der Waals surface area contributed by atoms with E-state index in [9.17, 15) is 22.8 Å². The van der Waals surface area contributed by atoms with Gasteiger partial charge in [0.25, 0.3) is 0 Å². The van der Waals surface area contributed by atoms with Crippen LogP contribution in [0.1, 0.15) is 70.6 Å². The molecule has 2 saturated carbocycles. The predicted octanol–water partition coefficient (Wildman–Crippen LogP) is 3.80. The van der Waals surface area contributed by atoms with E-state index in [2.05, 4.69) is 5.32 Å². The number of carbonyl (C=O) groups excluding carboxylic acids is 2. The summed E-state index contributed by atoms with van der Waals surface area (Å²) < 4.78 is 38.2. The minimum atomic E-state index is -4.13. The van der Waals surface area contributed by atoms with Gasteiger partial charge in [0.05, 0.1) is 11.8 Å². The minimum absolute atomic E-state index is 0.0535. The molecule has 1 aliphatic heterocycles. The van der Waals surface area contributed by atoms with E-state index in [4.69, 9.17) is 0 Å². The first-order valence-corrected chi connectivity index (χ1v) is 10.0. The van der Waals surface area contributed by atoms with Gasteiger partial charge in [-0.15, -0.1) is 0 Å².